The molecule has 0 amide bonds. The Hall–Kier alpha value is -0.280. The van der Waals surface area contributed by atoms with E-state index in [0.29, 0.717) is 6.54 Å². The first-order chi connectivity index (χ1) is 7.07. The summed E-state index contributed by atoms with van der Waals surface area (Å²) >= 11 is 0. The summed E-state index contributed by atoms with van der Waals surface area (Å²) in [6.45, 7) is 8.31. The van der Waals surface area contributed by atoms with Crippen LogP contribution in [0.25, 0.3) is 0 Å². The minimum absolute atomic E-state index is 0.106. The second-order valence-corrected chi connectivity index (χ2v) is 6.53. The zero-order chi connectivity index (χ0) is 13.0. The fourth-order valence-corrected chi connectivity index (χ4v) is 1.93. The van der Waals surface area contributed by atoms with E-state index in [1.54, 1.807) is 0 Å². The van der Waals surface area contributed by atoms with Crippen LogP contribution in [-0.4, -0.2) is 44.8 Å². The molecule has 0 atom stereocenters. The standard InChI is InChI=1S/C9H21N2O4P/c1-8(2)11(9(3)4)5-6-15-16(12,13,14)7-10/h8-9,12-14H,5-6H2,1-4H3. The van der Waals surface area contributed by atoms with Crippen LogP contribution in [0.15, 0.2) is 0 Å². The topological polar surface area (TPSA) is 97.0 Å². The number of hydrogen-bond donors (Lipinski definition) is 3. The van der Waals surface area contributed by atoms with Gasteiger partial charge in [0.25, 0.3) is 0 Å². The molecule has 96 valence electrons. The van der Waals surface area contributed by atoms with E-state index < -0.39 is 7.51 Å². The molecule has 7 heteroatoms. The Kier molecular flexibility index (Phi) is 5.27. The Morgan fingerprint density at radius 3 is 1.94 bits per heavy atom. The van der Waals surface area contributed by atoms with Gasteiger partial charge in [0.2, 0.25) is 0 Å². The first-order valence-corrected chi connectivity index (χ1v) is 7.17. The van der Waals surface area contributed by atoms with Crippen LogP contribution >= 0.6 is 7.51 Å². The number of hydrogen-bond acceptors (Lipinski definition) is 6. The van der Waals surface area contributed by atoms with Crippen molar-refractivity contribution < 1.29 is 19.2 Å². The third kappa shape index (κ3) is 5.71. The van der Waals surface area contributed by atoms with Crippen molar-refractivity contribution in [2.24, 2.45) is 0 Å². The molecule has 0 aromatic carbocycles. The van der Waals surface area contributed by atoms with Crippen LogP contribution in [0.2, 0.25) is 0 Å². The van der Waals surface area contributed by atoms with Gasteiger partial charge in [0.05, 0.1) is 0 Å². The minimum atomic E-state index is -5.50. The monoisotopic (exact) mass is 252 g/mol. The summed E-state index contributed by atoms with van der Waals surface area (Å²) in [4.78, 5) is 29.1. The molecule has 3 N–H and O–H groups in total. The van der Waals surface area contributed by atoms with E-state index in [1.807, 2.05) is 32.6 Å². The Morgan fingerprint density at radius 2 is 1.62 bits per heavy atom. The van der Waals surface area contributed by atoms with Crippen molar-refractivity contribution in [3.05, 3.63) is 0 Å². The van der Waals surface area contributed by atoms with Gasteiger partial charge in [-0.05, 0) is 0 Å². The Morgan fingerprint density at radius 1 is 1.19 bits per heavy atom. The van der Waals surface area contributed by atoms with Gasteiger partial charge in [-0.25, -0.2) is 0 Å². The molecule has 0 bridgehead atoms. The van der Waals surface area contributed by atoms with E-state index >= 15 is 0 Å². The van der Waals surface area contributed by atoms with Gasteiger partial charge in [-0.2, -0.15) is 0 Å². The summed E-state index contributed by atoms with van der Waals surface area (Å²) in [6, 6.07) is 0.542. The summed E-state index contributed by atoms with van der Waals surface area (Å²) in [5, 5.41) is 8.36. The number of rotatable bonds is 6. The zero-order valence-electron chi connectivity index (χ0n) is 10.2. The van der Waals surface area contributed by atoms with Crippen LogP contribution in [0.5, 0.6) is 0 Å². The quantitative estimate of drug-likeness (QED) is 0.605. The van der Waals surface area contributed by atoms with E-state index in [4.69, 9.17) is 19.9 Å². The van der Waals surface area contributed by atoms with Gasteiger partial charge in [-0.15, -0.1) is 0 Å². The average Bonchev–Trinajstić information content (AvgIpc) is 2.11. The molecular weight excluding hydrogens is 231 g/mol. The number of nitrogens with zero attached hydrogens (tertiary/aromatic N) is 2. The Balaban J connectivity index is 4.22. The molecule has 0 rings (SSSR count). The van der Waals surface area contributed by atoms with Gasteiger partial charge < -0.3 is 0 Å². The van der Waals surface area contributed by atoms with Crippen LogP contribution in [0.4, 0.5) is 0 Å². The average molecular weight is 252 g/mol. The van der Waals surface area contributed by atoms with Crippen molar-refractivity contribution >= 4 is 7.51 Å². The Labute approximate surface area is 96.3 Å². The summed E-state index contributed by atoms with van der Waals surface area (Å²) in [6.07, 6.45) is 0. The molecule has 0 spiro atoms. The van der Waals surface area contributed by atoms with Gasteiger partial charge in [-0.3, -0.25) is 0 Å². The van der Waals surface area contributed by atoms with E-state index in [1.165, 1.54) is 0 Å². The van der Waals surface area contributed by atoms with Gasteiger partial charge in [0.15, 0.2) is 0 Å². The summed E-state index contributed by atoms with van der Waals surface area (Å²) < 4.78 is 4.49. The molecule has 0 heterocycles. The summed E-state index contributed by atoms with van der Waals surface area (Å²) in [7, 11) is -5.50. The van der Waals surface area contributed by atoms with E-state index in [0.717, 1.165) is 5.81 Å². The SMILES string of the molecule is CC(C)N(CCOP(O)(O)(O)C#N)C(C)C. The molecule has 0 radical (unpaired) electrons. The van der Waals surface area contributed by atoms with E-state index in [2.05, 4.69) is 4.52 Å². The molecule has 0 saturated heterocycles. The van der Waals surface area contributed by atoms with Crippen molar-refractivity contribution in [2.45, 2.75) is 39.8 Å². The number of nitriles is 1. The zero-order valence-corrected chi connectivity index (χ0v) is 11.1. The molecule has 16 heavy (non-hydrogen) atoms. The molecule has 0 aromatic heterocycles. The summed E-state index contributed by atoms with van der Waals surface area (Å²) in [5.74, 6) is 1.01. The van der Waals surface area contributed by atoms with Crippen molar-refractivity contribution in [1.82, 2.24) is 4.90 Å². The summed E-state index contributed by atoms with van der Waals surface area (Å²) in [5.41, 5.74) is 0. The molecule has 0 fully saturated rings. The van der Waals surface area contributed by atoms with Crippen molar-refractivity contribution in [1.29, 1.82) is 5.26 Å². The first kappa shape index (κ1) is 15.7. The van der Waals surface area contributed by atoms with Gasteiger partial charge in [0.1, 0.15) is 0 Å². The molecule has 6 nitrogen and oxygen atoms in total. The van der Waals surface area contributed by atoms with Crippen molar-refractivity contribution in [3.63, 3.8) is 0 Å². The maximum absolute atomic E-state index is 9.02. The molecular formula is C9H21N2O4P. The van der Waals surface area contributed by atoms with Crippen LogP contribution in [0, 0.1) is 11.1 Å². The second-order valence-electron chi connectivity index (χ2n) is 4.26. The maximum atomic E-state index is 9.02. The molecule has 0 aliphatic heterocycles. The van der Waals surface area contributed by atoms with E-state index in [9.17, 15) is 0 Å². The van der Waals surface area contributed by atoms with Crippen LogP contribution in [-0.2, 0) is 4.52 Å². The fraction of sp³-hybridized carbons (Fsp3) is 0.889. The van der Waals surface area contributed by atoms with Gasteiger partial charge in [-0.1, -0.05) is 0 Å². The van der Waals surface area contributed by atoms with Gasteiger partial charge >= 0.3 is 95.6 Å². The molecule has 0 aliphatic carbocycles. The van der Waals surface area contributed by atoms with E-state index in [-0.39, 0.29) is 18.7 Å². The normalized spacial score (nSPS) is 15.2. The van der Waals surface area contributed by atoms with Crippen LogP contribution < -0.4 is 0 Å². The predicted molar refractivity (Wildman–Crippen MR) is 62.1 cm³/mol. The van der Waals surface area contributed by atoms with Crippen LogP contribution in [0.1, 0.15) is 27.7 Å². The van der Waals surface area contributed by atoms with Crippen molar-refractivity contribution in [3.8, 4) is 5.81 Å². The molecule has 0 aromatic rings. The molecule has 0 saturated carbocycles. The molecule has 0 unspecified atom stereocenters. The third-order valence-electron chi connectivity index (χ3n) is 2.18. The first-order valence-electron chi connectivity index (χ1n) is 5.16. The van der Waals surface area contributed by atoms with Gasteiger partial charge in [0, 0.05) is 0 Å². The Bertz CT molecular complexity index is 259. The van der Waals surface area contributed by atoms with Crippen molar-refractivity contribution in [2.75, 3.05) is 13.2 Å². The second kappa shape index (κ2) is 5.37. The third-order valence-corrected chi connectivity index (χ3v) is 3.19. The predicted octanol–water partition coefficient (Wildman–Crippen LogP) is 0.793. The fourth-order valence-electron chi connectivity index (χ4n) is 1.46. The molecule has 0 aliphatic rings. The van der Waals surface area contributed by atoms with Crippen LogP contribution in [0.3, 0.4) is 0 Å².